The van der Waals surface area contributed by atoms with Crippen molar-refractivity contribution < 1.29 is 0 Å². The molecule has 1 heteroatoms. The Balaban J connectivity index is 2.32. The number of hydrogen-bond donors (Lipinski definition) is 0. The Morgan fingerprint density at radius 3 is 2.60 bits per heavy atom. The van der Waals surface area contributed by atoms with Crippen molar-refractivity contribution in [3.8, 4) is 6.07 Å². The van der Waals surface area contributed by atoms with E-state index >= 15 is 0 Å². The second-order valence-electron chi connectivity index (χ2n) is 3.48. The molecule has 0 radical (unpaired) electrons. The fourth-order valence-electron chi connectivity index (χ4n) is 1.54. The molecule has 2 atom stereocenters. The van der Waals surface area contributed by atoms with Crippen LogP contribution in [0.5, 0.6) is 0 Å². The second-order valence-corrected chi connectivity index (χ2v) is 3.48. The van der Waals surface area contributed by atoms with Crippen molar-refractivity contribution in [1.82, 2.24) is 0 Å². The molecule has 1 saturated carbocycles. The molecule has 0 aliphatic heterocycles. The molecular weight excluding hydrogens is 122 g/mol. The molecule has 0 bridgehead atoms. The number of unbranched alkanes of at least 4 members (excludes halogenated alkanes) is 1. The van der Waals surface area contributed by atoms with E-state index in [0.717, 1.165) is 12.8 Å². The Hall–Kier alpha value is -0.510. The highest BCUT2D eigenvalue weighted by atomic mass is 14.5. The maximum absolute atomic E-state index is 8.80. The number of hydrogen-bond acceptors (Lipinski definition) is 1. The van der Waals surface area contributed by atoms with Gasteiger partial charge in [0.15, 0.2) is 0 Å². The molecule has 1 nitrogen and oxygen atoms in total. The van der Waals surface area contributed by atoms with Crippen LogP contribution in [0.1, 0.15) is 39.5 Å². The van der Waals surface area contributed by atoms with Crippen LogP contribution >= 0.6 is 0 Å². The van der Waals surface area contributed by atoms with E-state index in [9.17, 15) is 0 Å². The first kappa shape index (κ1) is 7.60. The van der Waals surface area contributed by atoms with Gasteiger partial charge in [0.25, 0.3) is 0 Å². The molecule has 0 heterocycles. The van der Waals surface area contributed by atoms with Crippen LogP contribution in [-0.4, -0.2) is 0 Å². The molecule has 0 aromatic rings. The van der Waals surface area contributed by atoms with Crippen molar-refractivity contribution in [2.75, 3.05) is 0 Å². The topological polar surface area (TPSA) is 23.8 Å². The number of rotatable bonds is 3. The predicted octanol–water partition coefficient (Wildman–Crippen LogP) is 2.73. The lowest BCUT2D eigenvalue weighted by Crippen LogP contribution is -1.98. The largest absolute Gasteiger partial charge is 0.198 e. The van der Waals surface area contributed by atoms with Crippen LogP contribution in [0.25, 0.3) is 0 Å². The van der Waals surface area contributed by atoms with Gasteiger partial charge in [0.1, 0.15) is 0 Å². The minimum Gasteiger partial charge on any atom is -0.198 e. The predicted molar refractivity (Wildman–Crippen MR) is 41.4 cm³/mol. The van der Waals surface area contributed by atoms with Crippen LogP contribution in [-0.2, 0) is 0 Å². The molecule has 10 heavy (non-hydrogen) atoms. The normalized spacial score (nSPS) is 37.1. The summed E-state index contributed by atoms with van der Waals surface area (Å²) < 4.78 is 0. The standard InChI is InChI=1S/C9H15N/c1-3-4-5-9(7-10)6-8(9)2/h8H,3-6H2,1-2H3/t8-,9+/m0/s1. The summed E-state index contributed by atoms with van der Waals surface area (Å²) in [6.45, 7) is 4.36. The van der Waals surface area contributed by atoms with Crippen LogP contribution < -0.4 is 0 Å². The summed E-state index contributed by atoms with van der Waals surface area (Å²) in [6.07, 6.45) is 4.71. The van der Waals surface area contributed by atoms with Gasteiger partial charge < -0.3 is 0 Å². The summed E-state index contributed by atoms with van der Waals surface area (Å²) in [4.78, 5) is 0. The monoisotopic (exact) mass is 137 g/mol. The molecule has 0 aromatic carbocycles. The molecule has 0 N–H and O–H groups in total. The number of nitriles is 1. The van der Waals surface area contributed by atoms with Gasteiger partial charge in [-0.3, -0.25) is 0 Å². The van der Waals surface area contributed by atoms with Gasteiger partial charge >= 0.3 is 0 Å². The first-order valence-electron chi connectivity index (χ1n) is 4.16. The van der Waals surface area contributed by atoms with Crippen molar-refractivity contribution in [3.05, 3.63) is 0 Å². The highest BCUT2D eigenvalue weighted by molar-refractivity contribution is 5.13. The van der Waals surface area contributed by atoms with Crippen molar-refractivity contribution in [1.29, 1.82) is 5.26 Å². The molecule has 1 aliphatic carbocycles. The molecule has 1 fully saturated rings. The molecule has 0 saturated heterocycles. The van der Waals surface area contributed by atoms with E-state index in [4.69, 9.17) is 5.26 Å². The van der Waals surface area contributed by atoms with Gasteiger partial charge in [-0.15, -0.1) is 0 Å². The smallest absolute Gasteiger partial charge is 0.0692 e. The highest BCUT2D eigenvalue weighted by Crippen LogP contribution is 2.55. The molecule has 1 aliphatic rings. The third kappa shape index (κ3) is 1.16. The minimum atomic E-state index is 0.107. The maximum atomic E-state index is 8.80. The molecule has 0 spiro atoms. The van der Waals surface area contributed by atoms with E-state index in [-0.39, 0.29) is 5.41 Å². The summed E-state index contributed by atoms with van der Waals surface area (Å²) in [5.74, 6) is 0.670. The summed E-state index contributed by atoms with van der Waals surface area (Å²) in [5.41, 5.74) is 0.107. The summed E-state index contributed by atoms with van der Waals surface area (Å²) in [6, 6.07) is 2.44. The Kier molecular flexibility index (Phi) is 1.99. The fraction of sp³-hybridized carbons (Fsp3) is 0.889. The van der Waals surface area contributed by atoms with Gasteiger partial charge in [0.05, 0.1) is 11.5 Å². The van der Waals surface area contributed by atoms with E-state index in [1.165, 1.54) is 12.8 Å². The van der Waals surface area contributed by atoms with Crippen molar-refractivity contribution >= 4 is 0 Å². The summed E-state index contributed by atoms with van der Waals surface area (Å²) in [5, 5.41) is 8.80. The molecule has 1 rings (SSSR count). The number of nitrogens with zero attached hydrogens (tertiary/aromatic N) is 1. The lowest BCUT2D eigenvalue weighted by Gasteiger charge is -2.03. The molecular formula is C9H15N. The molecule has 56 valence electrons. The van der Waals surface area contributed by atoms with Crippen LogP contribution in [0, 0.1) is 22.7 Å². The first-order valence-corrected chi connectivity index (χ1v) is 4.16. The minimum absolute atomic E-state index is 0.107. The zero-order valence-corrected chi connectivity index (χ0v) is 6.85. The first-order chi connectivity index (χ1) is 4.75. The maximum Gasteiger partial charge on any atom is 0.0692 e. The zero-order chi connectivity index (χ0) is 7.61. The second kappa shape index (κ2) is 2.62. The Morgan fingerprint density at radius 2 is 2.30 bits per heavy atom. The molecule has 0 amide bonds. The van der Waals surface area contributed by atoms with Gasteiger partial charge in [-0.1, -0.05) is 26.7 Å². The third-order valence-electron chi connectivity index (χ3n) is 2.65. The van der Waals surface area contributed by atoms with Crippen LogP contribution in [0.3, 0.4) is 0 Å². The van der Waals surface area contributed by atoms with Crippen LogP contribution in [0.15, 0.2) is 0 Å². The average Bonchev–Trinajstić information content (AvgIpc) is 2.59. The van der Waals surface area contributed by atoms with E-state index in [0.29, 0.717) is 5.92 Å². The van der Waals surface area contributed by atoms with Gasteiger partial charge in [0, 0.05) is 0 Å². The molecule has 0 unspecified atom stereocenters. The Bertz CT molecular complexity index is 157. The van der Waals surface area contributed by atoms with Crippen molar-refractivity contribution in [2.45, 2.75) is 39.5 Å². The third-order valence-corrected chi connectivity index (χ3v) is 2.65. The van der Waals surface area contributed by atoms with E-state index in [2.05, 4.69) is 19.9 Å². The quantitative estimate of drug-likeness (QED) is 0.586. The Morgan fingerprint density at radius 1 is 1.70 bits per heavy atom. The molecule has 0 aromatic heterocycles. The van der Waals surface area contributed by atoms with E-state index < -0.39 is 0 Å². The zero-order valence-electron chi connectivity index (χ0n) is 6.85. The van der Waals surface area contributed by atoms with Crippen molar-refractivity contribution in [3.63, 3.8) is 0 Å². The van der Waals surface area contributed by atoms with Gasteiger partial charge in [0.2, 0.25) is 0 Å². The Labute approximate surface area is 63.0 Å². The van der Waals surface area contributed by atoms with Crippen LogP contribution in [0.2, 0.25) is 0 Å². The lowest BCUT2D eigenvalue weighted by atomic mass is 9.99. The summed E-state index contributed by atoms with van der Waals surface area (Å²) in [7, 11) is 0. The van der Waals surface area contributed by atoms with E-state index in [1.807, 2.05) is 0 Å². The highest BCUT2D eigenvalue weighted by Gasteiger charge is 2.50. The van der Waals surface area contributed by atoms with E-state index in [1.54, 1.807) is 0 Å². The van der Waals surface area contributed by atoms with Gasteiger partial charge in [-0.2, -0.15) is 5.26 Å². The lowest BCUT2D eigenvalue weighted by molar-refractivity contribution is 0.518. The van der Waals surface area contributed by atoms with Crippen LogP contribution in [0.4, 0.5) is 0 Å². The van der Waals surface area contributed by atoms with Gasteiger partial charge in [-0.05, 0) is 18.8 Å². The van der Waals surface area contributed by atoms with Crippen molar-refractivity contribution in [2.24, 2.45) is 11.3 Å². The average molecular weight is 137 g/mol. The van der Waals surface area contributed by atoms with Gasteiger partial charge in [-0.25, -0.2) is 0 Å². The summed E-state index contributed by atoms with van der Waals surface area (Å²) >= 11 is 0. The fourth-order valence-corrected chi connectivity index (χ4v) is 1.54. The SMILES string of the molecule is CCCC[C@]1(C#N)C[C@@H]1C.